The zero-order chi connectivity index (χ0) is 22.2. The third-order valence-corrected chi connectivity index (χ3v) is 4.97. The monoisotopic (exact) mass is 418 g/mol. The lowest BCUT2D eigenvalue weighted by Gasteiger charge is -2.14. The maximum atomic E-state index is 12.3. The first-order valence-corrected chi connectivity index (χ1v) is 10.3. The molecule has 3 aromatic carbocycles. The fourth-order valence-corrected chi connectivity index (χ4v) is 3.21. The average Bonchev–Trinajstić information content (AvgIpc) is 2.78. The molecule has 0 heterocycles. The van der Waals surface area contributed by atoms with Gasteiger partial charge in [-0.1, -0.05) is 61.5 Å². The van der Waals surface area contributed by atoms with Gasteiger partial charge in [0, 0.05) is 5.69 Å². The number of carbonyl (C=O) groups is 3. The van der Waals surface area contributed by atoms with Gasteiger partial charge in [-0.3, -0.25) is 14.4 Å². The fourth-order valence-electron chi connectivity index (χ4n) is 3.21. The first-order valence-electron chi connectivity index (χ1n) is 10.3. The molecule has 0 saturated heterocycles. The van der Waals surface area contributed by atoms with Gasteiger partial charge in [-0.15, -0.1) is 0 Å². The molecule has 1 atom stereocenters. The molecule has 0 unspecified atom stereocenters. The summed E-state index contributed by atoms with van der Waals surface area (Å²) in [5.74, 6) is -1.39. The van der Waals surface area contributed by atoms with Crippen LogP contribution in [0.15, 0.2) is 66.7 Å². The van der Waals surface area contributed by atoms with Crippen molar-refractivity contribution < 1.29 is 19.1 Å². The Bertz CT molecular complexity index is 1070. The normalized spacial score (nSPS) is 11.5. The number of aryl methyl sites for hydroxylation is 1. The number of fused-ring (bicyclic) bond motifs is 1. The zero-order valence-electron chi connectivity index (χ0n) is 17.7. The third kappa shape index (κ3) is 6.15. The van der Waals surface area contributed by atoms with Crippen molar-refractivity contribution in [1.29, 1.82) is 0 Å². The van der Waals surface area contributed by atoms with Crippen LogP contribution in [0.3, 0.4) is 0 Å². The summed E-state index contributed by atoms with van der Waals surface area (Å²) in [6, 6.07) is 21.0. The number of nitrogens with one attached hydrogen (secondary N) is 2. The number of amides is 2. The summed E-state index contributed by atoms with van der Waals surface area (Å²) in [5.41, 5.74) is 2.68. The van der Waals surface area contributed by atoms with Crippen molar-refractivity contribution in [3.8, 4) is 0 Å². The average molecular weight is 418 g/mol. The lowest BCUT2D eigenvalue weighted by Crippen LogP contribution is -2.36. The molecule has 3 aromatic rings. The second kappa shape index (κ2) is 10.4. The molecule has 160 valence electrons. The van der Waals surface area contributed by atoms with Crippen molar-refractivity contribution in [1.82, 2.24) is 5.32 Å². The standard InChI is InChI=1S/C25H26N2O4/c1-3-18-11-13-21(14-12-18)27-25(30)17(2)31-24(29)16-26-23(28)15-20-9-6-8-19-7-4-5-10-22(19)20/h4-14,17H,3,15-16H2,1-2H3,(H,26,28)(H,27,30)/t17-/m0/s1. The number of hydrogen-bond donors (Lipinski definition) is 2. The Hall–Kier alpha value is -3.67. The largest absolute Gasteiger partial charge is 0.451 e. The smallest absolute Gasteiger partial charge is 0.326 e. The minimum Gasteiger partial charge on any atom is -0.451 e. The fraction of sp³-hybridized carbons (Fsp3) is 0.240. The summed E-state index contributed by atoms with van der Waals surface area (Å²) >= 11 is 0. The summed E-state index contributed by atoms with van der Waals surface area (Å²) < 4.78 is 5.13. The van der Waals surface area contributed by atoms with Gasteiger partial charge >= 0.3 is 5.97 Å². The molecule has 2 N–H and O–H groups in total. The van der Waals surface area contributed by atoms with Gasteiger partial charge in [0.15, 0.2) is 6.10 Å². The Morgan fingerprint density at radius 1 is 0.935 bits per heavy atom. The van der Waals surface area contributed by atoms with Gasteiger partial charge in [-0.25, -0.2) is 0 Å². The minimum absolute atomic E-state index is 0.151. The molecule has 0 spiro atoms. The highest BCUT2D eigenvalue weighted by molar-refractivity contribution is 5.95. The number of benzene rings is 3. The van der Waals surface area contributed by atoms with Gasteiger partial charge in [-0.2, -0.15) is 0 Å². The summed E-state index contributed by atoms with van der Waals surface area (Å²) in [4.78, 5) is 36.6. The van der Waals surface area contributed by atoms with Crippen LogP contribution in [0.5, 0.6) is 0 Å². The summed E-state index contributed by atoms with van der Waals surface area (Å²) in [6.45, 7) is 3.24. The van der Waals surface area contributed by atoms with E-state index in [0.717, 1.165) is 28.3 Å². The quantitative estimate of drug-likeness (QED) is 0.547. The molecule has 6 nitrogen and oxygen atoms in total. The zero-order valence-corrected chi connectivity index (χ0v) is 17.7. The molecule has 3 rings (SSSR count). The van der Waals surface area contributed by atoms with Gasteiger partial charge in [0.1, 0.15) is 6.54 Å². The SMILES string of the molecule is CCc1ccc(NC(=O)[C@H](C)OC(=O)CNC(=O)Cc2cccc3ccccc23)cc1. The highest BCUT2D eigenvalue weighted by atomic mass is 16.5. The molecular weight excluding hydrogens is 392 g/mol. The van der Waals surface area contributed by atoms with Crippen LogP contribution in [-0.2, 0) is 32.0 Å². The molecule has 0 aliphatic carbocycles. The van der Waals surface area contributed by atoms with Crippen molar-refractivity contribution in [3.05, 3.63) is 77.9 Å². The first kappa shape index (κ1) is 22.0. The van der Waals surface area contributed by atoms with Gasteiger partial charge < -0.3 is 15.4 Å². The van der Waals surface area contributed by atoms with E-state index < -0.39 is 18.0 Å². The van der Waals surface area contributed by atoms with Gasteiger partial charge in [0.25, 0.3) is 5.91 Å². The summed E-state index contributed by atoms with van der Waals surface area (Å²) in [7, 11) is 0. The number of ether oxygens (including phenoxy) is 1. The van der Waals surface area contributed by atoms with Gasteiger partial charge in [-0.05, 0) is 47.4 Å². The van der Waals surface area contributed by atoms with E-state index in [2.05, 4.69) is 17.6 Å². The van der Waals surface area contributed by atoms with Gasteiger partial charge in [0.05, 0.1) is 6.42 Å². The maximum Gasteiger partial charge on any atom is 0.326 e. The van der Waals surface area contributed by atoms with Crippen molar-refractivity contribution in [2.75, 3.05) is 11.9 Å². The Morgan fingerprint density at radius 2 is 1.65 bits per heavy atom. The predicted molar refractivity (Wildman–Crippen MR) is 121 cm³/mol. The number of hydrogen-bond acceptors (Lipinski definition) is 4. The van der Waals surface area contributed by atoms with E-state index in [9.17, 15) is 14.4 Å². The lowest BCUT2D eigenvalue weighted by atomic mass is 10.0. The lowest BCUT2D eigenvalue weighted by molar-refractivity contribution is -0.152. The van der Waals surface area contributed by atoms with Crippen molar-refractivity contribution >= 4 is 34.2 Å². The Morgan fingerprint density at radius 3 is 2.39 bits per heavy atom. The van der Waals surface area contributed by atoms with Crippen molar-refractivity contribution in [3.63, 3.8) is 0 Å². The number of carbonyl (C=O) groups excluding carboxylic acids is 3. The van der Waals surface area contributed by atoms with Crippen LogP contribution in [0.1, 0.15) is 25.0 Å². The van der Waals surface area contributed by atoms with Crippen LogP contribution >= 0.6 is 0 Å². The molecule has 0 aliphatic rings. The van der Waals surface area contributed by atoms with E-state index in [1.54, 1.807) is 12.1 Å². The summed E-state index contributed by atoms with van der Waals surface area (Å²) in [6.07, 6.45) is 0.0840. The number of rotatable bonds is 8. The molecule has 0 saturated carbocycles. The van der Waals surface area contributed by atoms with Crippen molar-refractivity contribution in [2.24, 2.45) is 0 Å². The van der Waals surface area contributed by atoms with E-state index in [1.807, 2.05) is 54.6 Å². The van der Waals surface area contributed by atoms with Crippen LogP contribution in [-0.4, -0.2) is 30.4 Å². The van der Waals surface area contributed by atoms with Crippen LogP contribution in [0.4, 0.5) is 5.69 Å². The molecule has 0 aromatic heterocycles. The molecule has 2 amide bonds. The van der Waals surface area contributed by atoms with Gasteiger partial charge in [0.2, 0.25) is 5.91 Å². The Balaban J connectivity index is 1.46. The Kier molecular flexibility index (Phi) is 7.38. The van der Waals surface area contributed by atoms with Crippen molar-refractivity contribution in [2.45, 2.75) is 32.8 Å². The maximum absolute atomic E-state index is 12.3. The molecule has 0 bridgehead atoms. The van der Waals surface area contributed by atoms with E-state index in [1.165, 1.54) is 6.92 Å². The molecule has 6 heteroatoms. The van der Waals surface area contributed by atoms with E-state index >= 15 is 0 Å². The molecule has 0 aliphatic heterocycles. The van der Waals surface area contributed by atoms with Crippen LogP contribution in [0.25, 0.3) is 10.8 Å². The van der Waals surface area contributed by atoms with E-state index in [-0.39, 0.29) is 18.9 Å². The molecule has 0 radical (unpaired) electrons. The van der Waals surface area contributed by atoms with E-state index in [4.69, 9.17) is 4.74 Å². The molecular formula is C25H26N2O4. The van der Waals surface area contributed by atoms with Crippen LogP contribution in [0.2, 0.25) is 0 Å². The second-order valence-electron chi connectivity index (χ2n) is 7.26. The number of esters is 1. The number of anilines is 1. The predicted octanol–water partition coefficient (Wildman–Crippen LogP) is 3.63. The summed E-state index contributed by atoms with van der Waals surface area (Å²) in [5, 5.41) is 7.32. The first-order chi connectivity index (χ1) is 15.0. The third-order valence-electron chi connectivity index (χ3n) is 4.97. The molecule has 0 fully saturated rings. The topological polar surface area (TPSA) is 84.5 Å². The van der Waals surface area contributed by atoms with E-state index in [0.29, 0.717) is 5.69 Å². The highest BCUT2D eigenvalue weighted by Gasteiger charge is 2.18. The van der Waals surface area contributed by atoms with Crippen LogP contribution in [0, 0.1) is 0 Å². The Labute approximate surface area is 181 Å². The van der Waals surface area contributed by atoms with Crippen LogP contribution < -0.4 is 10.6 Å². The minimum atomic E-state index is -0.978. The molecule has 31 heavy (non-hydrogen) atoms. The highest BCUT2D eigenvalue weighted by Crippen LogP contribution is 2.18. The second-order valence-corrected chi connectivity index (χ2v) is 7.26.